The van der Waals surface area contributed by atoms with E-state index < -0.39 is 18.0 Å². The zero-order valence-electron chi connectivity index (χ0n) is 11.7. The summed E-state index contributed by atoms with van der Waals surface area (Å²) < 4.78 is 5.42. The maximum atomic E-state index is 11.4. The number of benzene rings is 1. The zero-order valence-corrected chi connectivity index (χ0v) is 11.7. The average Bonchev–Trinajstić information content (AvgIpc) is 2.27. The van der Waals surface area contributed by atoms with Gasteiger partial charge in [0.2, 0.25) is 0 Å². The lowest BCUT2D eigenvalue weighted by molar-refractivity contribution is -0.126. The number of carbonyl (C=O) groups is 2. The summed E-state index contributed by atoms with van der Waals surface area (Å²) in [5, 5.41) is 1.97. The molecular weight excluding hydrogens is 244 g/mol. The van der Waals surface area contributed by atoms with Crippen molar-refractivity contribution in [3.63, 3.8) is 0 Å². The number of hydrogen-bond acceptors (Lipinski definition) is 3. The van der Waals surface area contributed by atoms with Crippen LogP contribution in [0, 0.1) is 0 Å². The second-order valence-corrected chi connectivity index (χ2v) is 5.39. The quantitative estimate of drug-likeness (QED) is 0.875. The summed E-state index contributed by atoms with van der Waals surface area (Å²) in [4.78, 5) is 22.0. The van der Waals surface area contributed by atoms with Crippen LogP contribution < -0.4 is 15.8 Å². The number of ether oxygens (including phenoxy) is 1. The molecule has 1 aromatic rings. The lowest BCUT2D eigenvalue weighted by Crippen LogP contribution is -2.42. The minimum absolute atomic E-state index is 0.0630. The molecule has 5 nitrogen and oxygen atoms in total. The minimum Gasteiger partial charge on any atom is -0.481 e. The van der Waals surface area contributed by atoms with E-state index >= 15 is 0 Å². The van der Waals surface area contributed by atoms with Gasteiger partial charge in [0.25, 0.3) is 5.91 Å². The fourth-order valence-corrected chi connectivity index (χ4v) is 1.51. The van der Waals surface area contributed by atoms with Crippen molar-refractivity contribution in [1.29, 1.82) is 0 Å². The number of rotatable bonds is 3. The highest BCUT2D eigenvalue weighted by Gasteiger charge is 2.17. The molecule has 0 aliphatic carbocycles. The molecular formula is C14H20N2O3. The molecule has 0 aromatic heterocycles. The molecule has 3 N–H and O–H groups in total. The smallest absolute Gasteiger partial charge is 0.318 e. The number of imide groups is 1. The van der Waals surface area contributed by atoms with Crippen molar-refractivity contribution in [3.05, 3.63) is 29.8 Å². The van der Waals surface area contributed by atoms with E-state index in [2.05, 4.69) is 20.8 Å². The second-order valence-electron chi connectivity index (χ2n) is 5.39. The van der Waals surface area contributed by atoms with Crippen LogP contribution in [0.3, 0.4) is 0 Å². The SMILES string of the molecule is C[C@@H](Oc1ccc(C(C)(C)C)cc1)C(=O)NC(N)=O. The van der Waals surface area contributed by atoms with Gasteiger partial charge >= 0.3 is 6.03 Å². The molecule has 1 rings (SSSR count). The van der Waals surface area contributed by atoms with Crippen LogP contribution in [0.2, 0.25) is 0 Å². The van der Waals surface area contributed by atoms with Crippen LogP contribution in [-0.2, 0) is 10.2 Å². The van der Waals surface area contributed by atoms with Crippen molar-refractivity contribution in [2.75, 3.05) is 0 Å². The third kappa shape index (κ3) is 4.62. The summed E-state index contributed by atoms with van der Waals surface area (Å²) in [6.45, 7) is 7.90. The van der Waals surface area contributed by atoms with Crippen molar-refractivity contribution in [2.45, 2.75) is 39.2 Å². The minimum atomic E-state index is -0.886. The van der Waals surface area contributed by atoms with Gasteiger partial charge in [0.1, 0.15) is 5.75 Å². The molecule has 0 radical (unpaired) electrons. The fourth-order valence-electron chi connectivity index (χ4n) is 1.51. The number of nitrogens with two attached hydrogens (primary N) is 1. The van der Waals surface area contributed by atoms with Crippen molar-refractivity contribution >= 4 is 11.9 Å². The van der Waals surface area contributed by atoms with Crippen molar-refractivity contribution in [1.82, 2.24) is 5.32 Å². The zero-order chi connectivity index (χ0) is 14.6. The third-order valence-electron chi connectivity index (χ3n) is 2.65. The van der Waals surface area contributed by atoms with Gasteiger partial charge in [-0.3, -0.25) is 10.1 Å². The summed E-state index contributed by atoms with van der Waals surface area (Å²) in [5.41, 5.74) is 6.10. The van der Waals surface area contributed by atoms with Crippen LogP contribution in [-0.4, -0.2) is 18.0 Å². The standard InChI is InChI=1S/C14H20N2O3/c1-9(12(17)16-13(15)18)19-11-7-5-10(6-8-11)14(2,3)4/h5-9H,1-4H3,(H3,15,16,17,18)/t9-/m1/s1. The Hall–Kier alpha value is -2.04. The van der Waals surface area contributed by atoms with Crippen LogP contribution in [0.1, 0.15) is 33.3 Å². The Morgan fingerprint density at radius 2 is 1.74 bits per heavy atom. The molecule has 0 heterocycles. The lowest BCUT2D eigenvalue weighted by Gasteiger charge is -2.20. The Morgan fingerprint density at radius 1 is 1.21 bits per heavy atom. The van der Waals surface area contributed by atoms with Gasteiger partial charge in [0.15, 0.2) is 6.10 Å². The first-order valence-corrected chi connectivity index (χ1v) is 6.07. The van der Waals surface area contributed by atoms with E-state index in [1.165, 1.54) is 5.56 Å². The lowest BCUT2D eigenvalue weighted by atomic mass is 9.87. The highest BCUT2D eigenvalue weighted by molar-refractivity contribution is 5.95. The van der Waals surface area contributed by atoms with E-state index in [1.54, 1.807) is 19.1 Å². The molecule has 104 valence electrons. The number of hydrogen-bond donors (Lipinski definition) is 2. The van der Waals surface area contributed by atoms with Crippen molar-refractivity contribution in [3.8, 4) is 5.75 Å². The first-order chi connectivity index (χ1) is 8.70. The highest BCUT2D eigenvalue weighted by atomic mass is 16.5. The molecule has 0 saturated heterocycles. The predicted molar refractivity (Wildman–Crippen MR) is 73.0 cm³/mol. The topological polar surface area (TPSA) is 81.4 Å². The van der Waals surface area contributed by atoms with Crippen LogP contribution in [0.5, 0.6) is 5.75 Å². The molecule has 0 fully saturated rings. The van der Waals surface area contributed by atoms with Gasteiger partial charge in [-0.1, -0.05) is 32.9 Å². The number of amides is 3. The molecule has 0 bridgehead atoms. The van der Waals surface area contributed by atoms with Gasteiger partial charge in [-0.05, 0) is 30.0 Å². The largest absolute Gasteiger partial charge is 0.481 e. The summed E-state index contributed by atoms with van der Waals surface area (Å²) >= 11 is 0. The number of nitrogens with one attached hydrogen (secondary N) is 1. The van der Waals surface area contributed by atoms with E-state index in [-0.39, 0.29) is 5.41 Å². The van der Waals surface area contributed by atoms with Crippen molar-refractivity contribution in [2.24, 2.45) is 5.73 Å². The van der Waals surface area contributed by atoms with E-state index in [9.17, 15) is 9.59 Å². The monoisotopic (exact) mass is 264 g/mol. The number of primary amides is 1. The van der Waals surface area contributed by atoms with E-state index in [0.717, 1.165) is 0 Å². The first-order valence-electron chi connectivity index (χ1n) is 6.07. The predicted octanol–water partition coefficient (Wildman–Crippen LogP) is 1.95. The molecule has 3 amide bonds. The Kier molecular flexibility index (Phi) is 4.53. The molecule has 0 unspecified atom stereocenters. The van der Waals surface area contributed by atoms with Crippen LogP contribution in [0.15, 0.2) is 24.3 Å². The Balaban J connectivity index is 2.68. The second kappa shape index (κ2) is 5.73. The third-order valence-corrected chi connectivity index (χ3v) is 2.65. The van der Waals surface area contributed by atoms with E-state index in [0.29, 0.717) is 5.75 Å². The molecule has 0 spiro atoms. The van der Waals surface area contributed by atoms with Gasteiger partial charge in [-0.25, -0.2) is 4.79 Å². The Bertz CT molecular complexity index is 461. The Labute approximate surface area is 113 Å². The number of urea groups is 1. The molecule has 5 heteroatoms. The maximum Gasteiger partial charge on any atom is 0.318 e. The summed E-state index contributed by atoms with van der Waals surface area (Å²) in [7, 11) is 0. The summed E-state index contributed by atoms with van der Waals surface area (Å²) in [6.07, 6.45) is -0.784. The fraction of sp³-hybridized carbons (Fsp3) is 0.429. The number of carbonyl (C=O) groups excluding carboxylic acids is 2. The van der Waals surface area contributed by atoms with Crippen LogP contribution in [0.4, 0.5) is 4.79 Å². The van der Waals surface area contributed by atoms with Crippen molar-refractivity contribution < 1.29 is 14.3 Å². The van der Waals surface area contributed by atoms with Crippen LogP contribution in [0.25, 0.3) is 0 Å². The van der Waals surface area contributed by atoms with Crippen LogP contribution >= 0.6 is 0 Å². The molecule has 19 heavy (non-hydrogen) atoms. The van der Waals surface area contributed by atoms with E-state index in [1.807, 2.05) is 17.4 Å². The van der Waals surface area contributed by atoms with Gasteiger partial charge in [-0.2, -0.15) is 0 Å². The molecule has 1 atom stereocenters. The summed E-state index contributed by atoms with van der Waals surface area (Å²) in [5.74, 6) is 0.00696. The first kappa shape index (κ1) is 15.0. The molecule has 1 aromatic carbocycles. The molecule has 0 aliphatic heterocycles. The Morgan fingerprint density at radius 3 is 2.16 bits per heavy atom. The van der Waals surface area contributed by atoms with Gasteiger partial charge in [-0.15, -0.1) is 0 Å². The average molecular weight is 264 g/mol. The van der Waals surface area contributed by atoms with Gasteiger partial charge in [0.05, 0.1) is 0 Å². The maximum absolute atomic E-state index is 11.4. The highest BCUT2D eigenvalue weighted by Crippen LogP contribution is 2.24. The molecule has 0 saturated carbocycles. The normalized spacial score (nSPS) is 12.6. The van der Waals surface area contributed by atoms with Gasteiger partial charge in [0, 0.05) is 0 Å². The molecule has 0 aliphatic rings. The van der Waals surface area contributed by atoms with Gasteiger partial charge < -0.3 is 10.5 Å². The van der Waals surface area contributed by atoms with E-state index in [4.69, 9.17) is 10.5 Å². The summed E-state index contributed by atoms with van der Waals surface area (Å²) in [6, 6.07) is 6.62.